The van der Waals surface area contributed by atoms with Gasteiger partial charge in [-0.2, -0.15) is 0 Å². The molecule has 0 saturated carbocycles. The first-order valence-corrected chi connectivity index (χ1v) is 8.55. The Hall–Kier alpha value is -3.87. The minimum absolute atomic E-state index is 0.215. The van der Waals surface area contributed by atoms with Crippen molar-refractivity contribution in [2.75, 3.05) is 5.73 Å². The minimum atomic E-state index is -1.53. The SMILES string of the molecule is CCc1ccc(-c2cccc(-c3c(C(=O)O)c(N)[nH]c(=O)c3C(=O)O)c2)cc1. The Morgan fingerprint density at radius 1 is 0.929 bits per heavy atom. The van der Waals surface area contributed by atoms with Crippen LogP contribution in [0.2, 0.25) is 0 Å². The molecule has 0 aliphatic heterocycles. The van der Waals surface area contributed by atoms with E-state index in [1.54, 1.807) is 18.2 Å². The Bertz CT molecular complexity index is 1130. The highest BCUT2D eigenvalue weighted by atomic mass is 16.4. The van der Waals surface area contributed by atoms with E-state index < -0.39 is 34.4 Å². The van der Waals surface area contributed by atoms with Crippen LogP contribution in [0.15, 0.2) is 53.3 Å². The number of benzene rings is 2. The predicted molar refractivity (Wildman–Crippen MR) is 106 cm³/mol. The smallest absolute Gasteiger partial charge is 0.342 e. The number of H-pyrrole nitrogens is 1. The van der Waals surface area contributed by atoms with Crippen LogP contribution in [-0.4, -0.2) is 27.1 Å². The number of aryl methyl sites for hydroxylation is 1. The second kappa shape index (κ2) is 7.40. The van der Waals surface area contributed by atoms with Gasteiger partial charge in [0, 0.05) is 5.56 Å². The number of nitrogens with one attached hydrogen (secondary N) is 1. The number of hydrogen-bond acceptors (Lipinski definition) is 4. The number of hydrogen-bond donors (Lipinski definition) is 4. The van der Waals surface area contributed by atoms with E-state index in [4.69, 9.17) is 5.73 Å². The third kappa shape index (κ3) is 3.37. The Morgan fingerprint density at radius 2 is 1.54 bits per heavy atom. The first-order valence-electron chi connectivity index (χ1n) is 8.55. The normalized spacial score (nSPS) is 10.6. The van der Waals surface area contributed by atoms with Gasteiger partial charge in [-0.25, -0.2) is 9.59 Å². The molecule has 0 spiro atoms. The summed E-state index contributed by atoms with van der Waals surface area (Å²) >= 11 is 0. The molecule has 7 heteroatoms. The van der Waals surface area contributed by atoms with E-state index in [-0.39, 0.29) is 11.1 Å². The molecular formula is C21H18N2O5. The number of carboxylic acids is 2. The van der Waals surface area contributed by atoms with Crippen molar-refractivity contribution in [1.29, 1.82) is 0 Å². The topological polar surface area (TPSA) is 133 Å². The molecule has 0 saturated heterocycles. The largest absolute Gasteiger partial charge is 0.478 e. The number of nitrogen functional groups attached to an aromatic ring is 1. The summed E-state index contributed by atoms with van der Waals surface area (Å²) in [4.78, 5) is 37.7. The van der Waals surface area contributed by atoms with E-state index in [2.05, 4.69) is 4.98 Å². The number of nitrogens with two attached hydrogens (primary N) is 1. The lowest BCUT2D eigenvalue weighted by atomic mass is 9.92. The number of aromatic carboxylic acids is 2. The number of rotatable bonds is 5. The standard InChI is InChI=1S/C21H18N2O5/c1-2-11-6-8-12(9-7-11)13-4-3-5-14(10-13)15-16(20(25)26)18(22)23-19(24)17(15)21(27)28/h3-10H,2H2,1H3,(H,25,26)(H,27,28)(H3,22,23,24). The Morgan fingerprint density at radius 3 is 2.11 bits per heavy atom. The number of aromatic nitrogens is 1. The van der Waals surface area contributed by atoms with Crippen molar-refractivity contribution in [1.82, 2.24) is 4.98 Å². The second-order valence-corrected chi connectivity index (χ2v) is 6.23. The van der Waals surface area contributed by atoms with Crippen molar-refractivity contribution in [3.63, 3.8) is 0 Å². The van der Waals surface area contributed by atoms with Crippen LogP contribution in [-0.2, 0) is 6.42 Å². The molecule has 3 rings (SSSR count). The third-order valence-corrected chi connectivity index (χ3v) is 4.52. The van der Waals surface area contributed by atoms with Gasteiger partial charge in [-0.1, -0.05) is 49.4 Å². The molecule has 7 nitrogen and oxygen atoms in total. The average Bonchev–Trinajstić information content (AvgIpc) is 2.66. The van der Waals surface area contributed by atoms with Gasteiger partial charge in [-0.05, 0) is 34.7 Å². The molecule has 0 unspecified atom stereocenters. The highest BCUT2D eigenvalue weighted by Gasteiger charge is 2.26. The maximum atomic E-state index is 12.2. The minimum Gasteiger partial charge on any atom is -0.478 e. The van der Waals surface area contributed by atoms with E-state index in [0.29, 0.717) is 0 Å². The zero-order valence-electron chi connectivity index (χ0n) is 15.0. The van der Waals surface area contributed by atoms with Gasteiger partial charge in [0.25, 0.3) is 5.56 Å². The fraction of sp³-hybridized carbons (Fsp3) is 0.0952. The first kappa shape index (κ1) is 18.9. The van der Waals surface area contributed by atoms with Crippen molar-refractivity contribution in [2.24, 2.45) is 0 Å². The highest BCUT2D eigenvalue weighted by molar-refractivity contribution is 6.07. The first-order chi connectivity index (χ1) is 13.3. The fourth-order valence-corrected chi connectivity index (χ4v) is 3.12. The molecule has 3 aromatic rings. The van der Waals surface area contributed by atoms with Crippen LogP contribution in [0.5, 0.6) is 0 Å². The lowest BCUT2D eigenvalue weighted by molar-refractivity contribution is 0.0695. The molecule has 5 N–H and O–H groups in total. The molecular weight excluding hydrogens is 360 g/mol. The van der Waals surface area contributed by atoms with E-state index in [1.165, 1.54) is 5.56 Å². The molecule has 2 aromatic carbocycles. The van der Waals surface area contributed by atoms with Gasteiger partial charge in [0.15, 0.2) is 0 Å². The van der Waals surface area contributed by atoms with Gasteiger partial charge >= 0.3 is 11.9 Å². The molecule has 0 radical (unpaired) electrons. The van der Waals surface area contributed by atoms with Crippen LogP contribution in [0.4, 0.5) is 5.82 Å². The van der Waals surface area contributed by atoms with Gasteiger partial charge in [0.05, 0.1) is 0 Å². The van der Waals surface area contributed by atoms with Crippen LogP contribution >= 0.6 is 0 Å². The van der Waals surface area contributed by atoms with Crippen LogP contribution < -0.4 is 11.3 Å². The zero-order valence-corrected chi connectivity index (χ0v) is 15.0. The van der Waals surface area contributed by atoms with Crippen molar-refractivity contribution < 1.29 is 19.8 Å². The lowest BCUT2D eigenvalue weighted by Crippen LogP contribution is -2.24. The van der Waals surface area contributed by atoms with Gasteiger partial charge in [-0.15, -0.1) is 0 Å². The quantitative estimate of drug-likeness (QED) is 0.538. The fourth-order valence-electron chi connectivity index (χ4n) is 3.12. The summed E-state index contributed by atoms with van der Waals surface area (Å²) in [6.07, 6.45) is 0.899. The van der Waals surface area contributed by atoms with Crippen molar-refractivity contribution in [2.45, 2.75) is 13.3 Å². The monoisotopic (exact) mass is 378 g/mol. The summed E-state index contributed by atoms with van der Waals surface area (Å²) in [7, 11) is 0. The number of carboxylic acid groups (broad SMARTS) is 2. The summed E-state index contributed by atoms with van der Waals surface area (Å²) < 4.78 is 0. The Labute approximate surface area is 160 Å². The number of aromatic amines is 1. The van der Waals surface area contributed by atoms with E-state index in [1.807, 2.05) is 37.3 Å². The van der Waals surface area contributed by atoms with Crippen molar-refractivity contribution >= 4 is 17.8 Å². The molecule has 0 aliphatic rings. The lowest BCUT2D eigenvalue weighted by Gasteiger charge is -2.13. The van der Waals surface area contributed by atoms with Gasteiger partial charge in [0.1, 0.15) is 16.9 Å². The Balaban J connectivity index is 2.28. The molecule has 0 atom stereocenters. The molecule has 0 amide bonds. The van der Waals surface area contributed by atoms with Crippen LogP contribution in [0, 0.1) is 0 Å². The molecule has 0 fully saturated rings. The molecule has 0 bridgehead atoms. The number of pyridine rings is 1. The number of carbonyl (C=O) groups is 2. The second-order valence-electron chi connectivity index (χ2n) is 6.23. The summed E-state index contributed by atoms with van der Waals surface area (Å²) in [6.45, 7) is 2.05. The molecule has 142 valence electrons. The molecule has 28 heavy (non-hydrogen) atoms. The van der Waals surface area contributed by atoms with Crippen molar-refractivity contribution in [3.05, 3.63) is 75.6 Å². The average molecular weight is 378 g/mol. The molecule has 1 heterocycles. The maximum absolute atomic E-state index is 12.2. The summed E-state index contributed by atoms with van der Waals surface area (Å²) in [5, 5.41) is 19.0. The van der Waals surface area contributed by atoms with Crippen LogP contribution in [0.1, 0.15) is 33.2 Å². The third-order valence-electron chi connectivity index (χ3n) is 4.52. The summed E-state index contributed by atoms with van der Waals surface area (Å²) in [5.74, 6) is -3.35. The van der Waals surface area contributed by atoms with Gasteiger partial charge < -0.3 is 20.9 Å². The van der Waals surface area contributed by atoms with Crippen molar-refractivity contribution in [3.8, 4) is 22.3 Å². The zero-order chi connectivity index (χ0) is 20.4. The van der Waals surface area contributed by atoms with E-state index in [9.17, 15) is 24.6 Å². The molecule has 1 aromatic heterocycles. The summed E-state index contributed by atoms with van der Waals surface area (Å²) in [5.41, 5.74) is 6.49. The van der Waals surface area contributed by atoms with Gasteiger partial charge in [0.2, 0.25) is 0 Å². The van der Waals surface area contributed by atoms with Gasteiger partial charge in [-0.3, -0.25) is 4.79 Å². The number of anilines is 1. The predicted octanol–water partition coefficient (Wildman–Crippen LogP) is 3.25. The van der Waals surface area contributed by atoms with Crippen LogP contribution in [0.3, 0.4) is 0 Å². The highest BCUT2D eigenvalue weighted by Crippen LogP contribution is 2.32. The maximum Gasteiger partial charge on any atom is 0.342 e. The molecule has 0 aliphatic carbocycles. The Kier molecular flexibility index (Phi) is 5.00. The van der Waals surface area contributed by atoms with E-state index >= 15 is 0 Å². The van der Waals surface area contributed by atoms with Crippen LogP contribution in [0.25, 0.3) is 22.3 Å². The summed E-state index contributed by atoms with van der Waals surface area (Å²) in [6, 6.07) is 14.5. The van der Waals surface area contributed by atoms with E-state index in [0.717, 1.165) is 17.5 Å².